The van der Waals surface area contributed by atoms with Crippen LogP contribution in [0.25, 0.3) is 0 Å². The number of aromatic nitrogens is 2. The average Bonchev–Trinajstić information content (AvgIpc) is 2.70. The van der Waals surface area contributed by atoms with Crippen molar-refractivity contribution in [3.05, 3.63) is 47.4 Å². The predicted molar refractivity (Wildman–Crippen MR) is 108 cm³/mol. The van der Waals surface area contributed by atoms with Gasteiger partial charge in [0, 0.05) is 18.4 Å². The van der Waals surface area contributed by atoms with Gasteiger partial charge in [0.25, 0.3) is 0 Å². The number of rotatable bonds is 3. The normalized spacial score (nSPS) is 19.3. The van der Waals surface area contributed by atoms with Crippen molar-refractivity contribution in [3.8, 4) is 0 Å². The van der Waals surface area contributed by atoms with Gasteiger partial charge in [0.1, 0.15) is 5.82 Å². The minimum atomic E-state index is -0.664. The first-order chi connectivity index (χ1) is 13.4. The third kappa shape index (κ3) is 4.30. The molecule has 7 heteroatoms. The van der Waals surface area contributed by atoms with Crippen molar-refractivity contribution < 1.29 is 9.59 Å². The van der Waals surface area contributed by atoms with Crippen LogP contribution in [0.15, 0.2) is 30.6 Å². The molecule has 1 fully saturated rings. The molecule has 3 N–H and O–H groups in total. The van der Waals surface area contributed by atoms with Crippen LogP contribution in [0.2, 0.25) is 0 Å². The van der Waals surface area contributed by atoms with E-state index in [0.29, 0.717) is 24.0 Å². The summed E-state index contributed by atoms with van der Waals surface area (Å²) in [4.78, 5) is 35.7. The smallest absolute Gasteiger partial charge is 0.313 e. The molecule has 2 amide bonds. The summed E-state index contributed by atoms with van der Waals surface area (Å²) in [6.07, 6.45) is 5.97. The zero-order chi connectivity index (χ0) is 20.3. The average molecular weight is 381 g/mol. The first-order valence-corrected chi connectivity index (χ1v) is 9.68. The topological polar surface area (TPSA) is 101 Å². The highest BCUT2D eigenvalue weighted by Gasteiger charge is 2.34. The zero-order valence-electron chi connectivity index (χ0n) is 16.6. The van der Waals surface area contributed by atoms with Crippen LogP contribution < -0.4 is 11.1 Å². The third-order valence-electron chi connectivity index (χ3n) is 5.24. The van der Waals surface area contributed by atoms with E-state index in [4.69, 9.17) is 5.73 Å². The molecular weight excluding hydrogens is 354 g/mol. The summed E-state index contributed by atoms with van der Waals surface area (Å²) in [5.41, 5.74) is 8.89. The van der Waals surface area contributed by atoms with Crippen LogP contribution in [0.3, 0.4) is 0 Å². The number of piperidine rings is 1. The van der Waals surface area contributed by atoms with Gasteiger partial charge in [-0.1, -0.05) is 19.9 Å². The number of carbonyl (C=O) groups excluding carboxylic acids is 2. The first kappa shape index (κ1) is 19.8. The van der Waals surface area contributed by atoms with Gasteiger partial charge in [0.15, 0.2) is 0 Å². The predicted octanol–water partition coefficient (Wildman–Crippen LogP) is 2.87. The van der Waals surface area contributed by atoms with Gasteiger partial charge in [-0.25, -0.2) is 4.98 Å². The van der Waals surface area contributed by atoms with Crippen LogP contribution in [0, 0.1) is 12.8 Å². The van der Waals surface area contributed by atoms with E-state index in [1.165, 1.54) is 6.20 Å². The minimum absolute atomic E-state index is 0.140. The number of pyridine rings is 2. The zero-order valence-corrected chi connectivity index (χ0v) is 16.6. The highest BCUT2D eigenvalue weighted by molar-refractivity contribution is 6.39. The Bertz CT molecular complexity index is 866. The highest BCUT2D eigenvalue weighted by atomic mass is 16.2. The molecule has 7 nitrogen and oxygen atoms in total. The molecule has 0 radical (unpaired) electrons. The Hall–Kier alpha value is -2.96. The van der Waals surface area contributed by atoms with E-state index in [0.717, 1.165) is 36.1 Å². The molecule has 0 aliphatic carbocycles. The SMILES string of the molecule is CCc1ccc([C@H]2CC[C@H](C)CN2C(=O)C(=O)Nc2cnc(N)c(C)c2)cn1. The third-order valence-corrected chi connectivity index (χ3v) is 5.24. The number of hydrogen-bond acceptors (Lipinski definition) is 5. The summed E-state index contributed by atoms with van der Waals surface area (Å²) in [6, 6.07) is 5.56. The Morgan fingerprint density at radius 2 is 2.04 bits per heavy atom. The molecule has 0 bridgehead atoms. The van der Waals surface area contributed by atoms with E-state index in [1.807, 2.05) is 18.3 Å². The van der Waals surface area contributed by atoms with Crippen molar-refractivity contribution in [1.82, 2.24) is 14.9 Å². The number of nitrogens with zero attached hydrogens (tertiary/aromatic N) is 3. The Morgan fingerprint density at radius 3 is 2.68 bits per heavy atom. The number of hydrogen-bond donors (Lipinski definition) is 2. The number of anilines is 2. The van der Waals surface area contributed by atoms with Crippen LogP contribution in [-0.4, -0.2) is 33.2 Å². The lowest BCUT2D eigenvalue weighted by Gasteiger charge is -2.38. The Morgan fingerprint density at radius 1 is 1.25 bits per heavy atom. The number of nitrogen functional groups attached to an aromatic ring is 1. The molecule has 2 aromatic rings. The Labute approximate surface area is 165 Å². The fourth-order valence-electron chi connectivity index (χ4n) is 3.53. The fraction of sp³-hybridized carbons (Fsp3) is 0.429. The van der Waals surface area contributed by atoms with Crippen molar-refractivity contribution in [2.45, 2.75) is 46.1 Å². The maximum atomic E-state index is 13.0. The van der Waals surface area contributed by atoms with E-state index in [2.05, 4.69) is 29.1 Å². The second kappa shape index (κ2) is 8.37. The number of amides is 2. The van der Waals surface area contributed by atoms with Gasteiger partial charge >= 0.3 is 11.8 Å². The standard InChI is InChI=1S/C21H27N5O2/c1-4-16-7-6-15(10-23-16)18-8-5-13(2)12-26(18)21(28)20(27)25-17-9-14(3)19(22)24-11-17/h6-7,9-11,13,18H,4-5,8,12H2,1-3H3,(H2,22,24)(H,25,27)/t13-,18+/m0/s1. The molecule has 1 aliphatic heterocycles. The van der Waals surface area contributed by atoms with Gasteiger partial charge in [-0.05, 0) is 55.4 Å². The van der Waals surface area contributed by atoms with Gasteiger partial charge in [-0.2, -0.15) is 0 Å². The molecule has 3 rings (SSSR count). The molecule has 2 atom stereocenters. The lowest BCUT2D eigenvalue weighted by molar-refractivity contribution is -0.146. The van der Waals surface area contributed by atoms with Crippen LogP contribution in [0.5, 0.6) is 0 Å². The molecule has 0 saturated carbocycles. The van der Waals surface area contributed by atoms with Gasteiger partial charge in [0.2, 0.25) is 0 Å². The van der Waals surface area contributed by atoms with Crippen molar-refractivity contribution in [1.29, 1.82) is 0 Å². The molecule has 0 spiro atoms. The Balaban J connectivity index is 1.78. The molecule has 28 heavy (non-hydrogen) atoms. The van der Waals surface area contributed by atoms with Crippen molar-refractivity contribution in [2.75, 3.05) is 17.6 Å². The van der Waals surface area contributed by atoms with E-state index in [9.17, 15) is 9.59 Å². The number of likely N-dealkylation sites (tertiary alicyclic amines) is 1. The minimum Gasteiger partial charge on any atom is -0.383 e. The molecule has 0 aromatic carbocycles. The summed E-state index contributed by atoms with van der Waals surface area (Å²) < 4.78 is 0. The van der Waals surface area contributed by atoms with E-state index < -0.39 is 11.8 Å². The van der Waals surface area contributed by atoms with Crippen LogP contribution in [0.1, 0.15) is 49.6 Å². The Kier molecular flexibility index (Phi) is 5.92. The van der Waals surface area contributed by atoms with Crippen LogP contribution in [0.4, 0.5) is 11.5 Å². The summed E-state index contributed by atoms with van der Waals surface area (Å²) in [5.74, 6) is -0.456. The molecule has 0 unspecified atom stereocenters. The van der Waals surface area contributed by atoms with Gasteiger partial charge in [0.05, 0.1) is 17.9 Å². The molecule has 2 aromatic heterocycles. The van der Waals surface area contributed by atoms with Crippen molar-refractivity contribution in [2.24, 2.45) is 5.92 Å². The summed E-state index contributed by atoms with van der Waals surface area (Å²) in [5, 5.41) is 2.65. The van der Waals surface area contributed by atoms with Gasteiger partial charge < -0.3 is 16.0 Å². The number of nitrogens with two attached hydrogens (primary N) is 1. The number of aryl methyl sites for hydroxylation is 2. The van der Waals surface area contributed by atoms with Crippen molar-refractivity contribution in [3.63, 3.8) is 0 Å². The molecule has 148 valence electrons. The van der Waals surface area contributed by atoms with E-state index in [-0.39, 0.29) is 6.04 Å². The molecule has 1 aliphatic rings. The molecule has 1 saturated heterocycles. The second-order valence-corrected chi connectivity index (χ2v) is 7.47. The maximum absolute atomic E-state index is 13.0. The molecular formula is C21H27N5O2. The fourth-order valence-corrected chi connectivity index (χ4v) is 3.53. The maximum Gasteiger partial charge on any atom is 0.313 e. The second-order valence-electron chi connectivity index (χ2n) is 7.47. The highest BCUT2D eigenvalue weighted by Crippen LogP contribution is 2.33. The summed E-state index contributed by atoms with van der Waals surface area (Å²) in [7, 11) is 0. The largest absolute Gasteiger partial charge is 0.383 e. The quantitative estimate of drug-likeness (QED) is 0.796. The van der Waals surface area contributed by atoms with Crippen LogP contribution in [-0.2, 0) is 16.0 Å². The molecule has 3 heterocycles. The lowest BCUT2D eigenvalue weighted by atomic mass is 9.90. The number of carbonyl (C=O) groups is 2. The van der Waals surface area contributed by atoms with Crippen molar-refractivity contribution >= 4 is 23.3 Å². The number of nitrogens with one attached hydrogen (secondary N) is 1. The van der Waals surface area contributed by atoms with E-state index in [1.54, 1.807) is 17.9 Å². The first-order valence-electron chi connectivity index (χ1n) is 9.68. The van der Waals surface area contributed by atoms with E-state index >= 15 is 0 Å². The monoisotopic (exact) mass is 381 g/mol. The summed E-state index contributed by atoms with van der Waals surface area (Å²) >= 11 is 0. The van der Waals surface area contributed by atoms with Gasteiger partial charge in [-0.15, -0.1) is 0 Å². The van der Waals surface area contributed by atoms with Gasteiger partial charge in [-0.3, -0.25) is 14.6 Å². The van der Waals surface area contributed by atoms with Crippen LogP contribution >= 0.6 is 0 Å². The lowest BCUT2D eigenvalue weighted by Crippen LogP contribution is -2.46. The summed E-state index contributed by atoms with van der Waals surface area (Å²) in [6.45, 7) is 6.50.